The van der Waals surface area contributed by atoms with E-state index in [-0.39, 0.29) is 18.9 Å². The maximum absolute atomic E-state index is 7.86. The first kappa shape index (κ1) is 5.35. The van der Waals surface area contributed by atoms with Crippen LogP contribution >= 0.6 is 0 Å². The van der Waals surface area contributed by atoms with Gasteiger partial charge in [-0.2, -0.15) is 5.26 Å². The summed E-state index contributed by atoms with van der Waals surface area (Å²) in [6, 6.07) is 0. The molecule has 1 aliphatic heterocycles. The molecule has 4 heteroatoms. The van der Waals surface area contributed by atoms with Gasteiger partial charge < -0.3 is 15.2 Å². The summed E-state index contributed by atoms with van der Waals surface area (Å²) in [5, 5.41) is 7.86. The van der Waals surface area contributed by atoms with Crippen molar-refractivity contribution < 1.29 is 9.47 Å². The first-order chi connectivity index (χ1) is 3.84. The summed E-state index contributed by atoms with van der Waals surface area (Å²) >= 11 is 0. The van der Waals surface area contributed by atoms with Crippen LogP contribution in [0.5, 0.6) is 0 Å². The third-order valence-electron chi connectivity index (χ3n) is 0.934. The van der Waals surface area contributed by atoms with Crippen LogP contribution in [-0.4, -0.2) is 18.9 Å². The van der Waals surface area contributed by atoms with E-state index in [4.69, 9.17) is 15.7 Å². The molecule has 0 aromatic heterocycles. The van der Waals surface area contributed by atoms with E-state index in [0.717, 1.165) is 0 Å². The minimum Gasteiger partial charge on any atom is -0.425 e. The molecule has 0 aromatic carbocycles. The van der Waals surface area contributed by atoms with Gasteiger partial charge in [-0.1, -0.05) is 0 Å². The van der Waals surface area contributed by atoms with Crippen molar-refractivity contribution >= 4 is 0 Å². The Morgan fingerprint density at radius 1 is 1.88 bits per heavy atom. The van der Waals surface area contributed by atoms with E-state index < -0.39 is 0 Å². The number of nitrogens with zero attached hydrogens (tertiary/aromatic N) is 1. The van der Waals surface area contributed by atoms with Crippen LogP contribution in [0.15, 0.2) is 0 Å². The average molecular weight is 114 g/mol. The molecule has 2 atom stereocenters. The number of epoxide rings is 1. The van der Waals surface area contributed by atoms with Gasteiger partial charge >= 0.3 is 0 Å². The van der Waals surface area contributed by atoms with Gasteiger partial charge in [-0.15, -0.1) is 0 Å². The summed E-state index contributed by atoms with van der Waals surface area (Å²) in [7, 11) is 0. The molecule has 1 aliphatic rings. The molecule has 44 valence electrons. The minimum absolute atomic E-state index is 0.0466. The van der Waals surface area contributed by atoms with Crippen LogP contribution in [0.3, 0.4) is 0 Å². The molecule has 0 saturated carbocycles. The lowest BCUT2D eigenvalue weighted by atomic mass is 10.5. The maximum Gasteiger partial charge on any atom is 0.286 e. The Kier molecular flexibility index (Phi) is 1.33. The molecule has 1 heterocycles. The Hall–Kier alpha value is -0.790. The van der Waals surface area contributed by atoms with Gasteiger partial charge in [0, 0.05) is 0 Å². The molecule has 4 nitrogen and oxygen atoms in total. The summed E-state index contributed by atoms with van der Waals surface area (Å²) < 4.78 is 9.05. The molecule has 0 aromatic rings. The molecule has 1 saturated heterocycles. The zero-order valence-corrected chi connectivity index (χ0v) is 4.20. The van der Waals surface area contributed by atoms with Crippen molar-refractivity contribution in [3.63, 3.8) is 0 Å². The molecule has 0 aliphatic carbocycles. The smallest absolute Gasteiger partial charge is 0.286 e. The van der Waals surface area contributed by atoms with E-state index in [1.54, 1.807) is 0 Å². The van der Waals surface area contributed by atoms with Gasteiger partial charge in [0.2, 0.25) is 0 Å². The highest BCUT2D eigenvalue weighted by atomic mass is 16.6. The van der Waals surface area contributed by atoms with Gasteiger partial charge in [0.15, 0.2) is 0 Å². The fourth-order valence-corrected chi connectivity index (χ4v) is 0.410. The SMILES string of the molecule is N#COCC1OC1N. The van der Waals surface area contributed by atoms with Gasteiger partial charge in [-0.25, -0.2) is 0 Å². The second kappa shape index (κ2) is 1.99. The number of hydrogen-bond donors (Lipinski definition) is 1. The summed E-state index contributed by atoms with van der Waals surface area (Å²) in [5.41, 5.74) is 5.20. The van der Waals surface area contributed by atoms with Crippen LogP contribution in [-0.2, 0) is 9.47 Å². The minimum atomic E-state index is -0.205. The van der Waals surface area contributed by atoms with Crippen molar-refractivity contribution in [3.05, 3.63) is 0 Å². The Balaban J connectivity index is 1.99. The normalized spacial score (nSPS) is 33.5. The Morgan fingerprint density at radius 3 is 2.88 bits per heavy atom. The molecule has 0 amide bonds. The molecule has 0 spiro atoms. The number of rotatable bonds is 2. The van der Waals surface area contributed by atoms with Crippen LogP contribution in [0.25, 0.3) is 0 Å². The highest BCUT2D eigenvalue weighted by Gasteiger charge is 2.35. The Labute approximate surface area is 46.8 Å². The second-order valence-corrected chi connectivity index (χ2v) is 1.54. The van der Waals surface area contributed by atoms with E-state index >= 15 is 0 Å². The summed E-state index contributed by atoms with van der Waals surface area (Å²) in [6.07, 6.45) is 1.27. The molecule has 1 fully saturated rings. The molecule has 1 rings (SSSR count). The monoisotopic (exact) mass is 114 g/mol. The van der Waals surface area contributed by atoms with Gasteiger partial charge in [0.1, 0.15) is 18.9 Å². The predicted octanol–water partition coefficient (Wildman–Crippen LogP) is -0.832. The molecular formula is C4H6N2O2. The lowest BCUT2D eigenvalue weighted by Crippen LogP contribution is -2.09. The lowest BCUT2D eigenvalue weighted by Gasteiger charge is -1.85. The van der Waals surface area contributed by atoms with Gasteiger partial charge in [-0.3, -0.25) is 0 Å². The topological polar surface area (TPSA) is 71.6 Å². The molecular weight excluding hydrogens is 108 g/mol. The van der Waals surface area contributed by atoms with Crippen molar-refractivity contribution in [2.45, 2.75) is 12.3 Å². The molecule has 8 heavy (non-hydrogen) atoms. The van der Waals surface area contributed by atoms with E-state index in [1.165, 1.54) is 6.26 Å². The Morgan fingerprint density at radius 2 is 2.50 bits per heavy atom. The third-order valence-corrected chi connectivity index (χ3v) is 0.934. The maximum atomic E-state index is 7.86. The summed E-state index contributed by atoms with van der Waals surface area (Å²) in [5.74, 6) is 0. The fraction of sp³-hybridized carbons (Fsp3) is 0.750. The average Bonchev–Trinajstić information content (AvgIpc) is 2.42. The van der Waals surface area contributed by atoms with Crippen LogP contribution in [0, 0.1) is 11.5 Å². The quantitative estimate of drug-likeness (QED) is 0.375. The van der Waals surface area contributed by atoms with Crippen LogP contribution in [0.2, 0.25) is 0 Å². The molecule has 2 unspecified atom stereocenters. The first-order valence-corrected chi connectivity index (χ1v) is 2.26. The van der Waals surface area contributed by atoms with Crippen molar-refractivity contribution in [2.75, 3.05) is 6.61 Å². The van der Waals surface area contributed by atoms with E-state index in [1.807, 2.05) is 0 Å². The van der Waals surface area contributed by atoms with Crippen molar-refractivity contribution in [1.29, 1.82) is 5.26 Å². The number of nitrogens with two attached hydrogens (primary N) is 1. The van der Waals surface area contributed by atoms with Gasteiger partial charge in [0.25, 0.3) is 6.26 Å². The highest BCUT2D eigenvalue weighted by Crippen LogP contribution is 2.15. The fourth-order valence-electron chi connectivity index (χ4n) is 0.410. The van der Waals surface area contributed by atoms with Crippen LogP contribution < -0.4 is 5.73 Å². The summed E-state index contributed by atoms with van der Waals surface area (Å²) in [6.45, 7) is 0.289. The first-order valence-electron chi connectivity index (χ1n) is 2.26. The Bertz CT molecular complexity index is 120. The number of ether oxygens (including phenoxy) is 2. The second-order valence-electron chi connectivity index (χ2n) is 1.54. The molecule has 2 N–H and O–H groups in total. The van der Waals surface area contributed by atoms with Crippen molar-refractivity contribution in [3.8, 4) is 6.26 Å². The van der Waals surface area contributed by atoms with Crippen LogP contribution in [0.1, 0.15) is 0 Å². The largest absolute Gasteiger partial charge is 0.425 e. The predicted molar refractivity (Wildman–Crippen MR) is 24.4 cm³/mol. The van der Waals surface area contributed by atoms with E-state index in [2.05, 4.69) is 4.74 Å². The van der Waals surface area contributed by atoms with E-state index in [0.29, 0.717) is 0 Å². The number of hydrogen-bond acceptors (Lipinski definition) is 4. The number of nitriles is 1. The lowest BCUT2D eigenvalue weighted by molar-refractivity contribution is 0.227. The van der Waals surface area contributed by atoms with Gasteiger partial charge in [0.05, 0.1) is 0 Å². The summed E-state index contributed by atoms with van der Waals surface area (Å²) in [4.78, 5) is 0. The van der Waals surface area contributed by atoms with Crippen molar-refractivity contribution in [2.24, 2.45) is 5.73 Å². The van der Waals surface area contributed by atoms with E-state index in [9.17, 15) is 0 Å². The van der Waals surface area contributed by atoms with Crippen molar-refractivity contribution in [1.82, 2.24) is 0 Å². The zero-order valence-electron chi connectivity index (χ0n) is 4.20. The van der Waals surface area contributed by atoms with Crippen LogP contribution in [0.4, 0.5) is 0 Å². The standard InChI is InChI=1S/C4H6N2O2/c5-2-7-1-3-4(6)8-3/h3-4H,1,6H2. The molecule has 0 bridgehead atoms. The molecule has 0 radical (unpaired) electrons. The highest BCUT2D eigenvalue weighted by molar-refractivity contribution is 4.79. The zero-order chi connectivity index (χ0) is 5.98. The van der Waals surface area contributed by atoms with Gasteiger partial charge in [-0.05, 0) is 0 Å². The third kappa shape index (κ3) is 1.09.